The summed E-state index contributed by atoms with van der Waals surface area (Å²) in [6, 6.07) is 11.4. The number of anilines is 4. The van der Waals surface area contributed by atoms with Crippen LogP contribution in [0.2, 0.25) is 10.0 Å². The Morgan fingerprint density at radius 2 is 1.78 bits per heavy atom. The van der Waals surface area contributed by atoms with Crippen LogP contribution in [0.25, 0.3) is 0 Å². The number of benzene rings is 2. The molecule has 1 aromatic heterocycles. The van der Waals surface area contributed by atoms with E-state index >= 15 is 0 Å². The van der Waals surface area contributed by atoms with E-state index in [4.69, 9.17) is 27.9 Å². The van der Waals surface area contributed by atoms with Gasteiger partial charge in [0.05, 0.1) is 24.5 Å². The van der Waals surface area contributed by atoms with Crippen LogP contribution in [0.15, 0.2) is 41.5 Å². The van der Waals surface area contributed by atoms with Gasteiger partial charge in [0.2, 0.25) is 17.8 Å². The normalized spacial score (nSPS) is 14.1. The van der Waals surface area contributed by atoms with Crippen LogP contribution in [0, 0.1) is 13.8 Å². The van der Waals surface area contributed by atoms with Crippen molar-refractivity contribution >= 4 is 52.9 Å². The molecular formula is C22H23Cl2N7O. The van der Waals surface area contributed by atoms with Crippen LogP contribution in [0.1, 0.15) is 16.7 Å². The van der Waals surface area contributed by atoms with Crippen molar-refractivity contribution in [2.45, 2.75) is 13.8 Å². The molecule has 1 aliphatic rings. The number of nitrogens with zero attached hydrogens (tertiary/aromatic N) is 5. The minimum absolute atomic E-state index is 0.315. The first kappa shape index (κ1) is 22.3. The van der Waals surface area contributed by atoms with E-state index in [-0.39, 0.29) is 0 Å². The van der Waals surface area contributed by atoms with Gasteiger partial charge in [0, 0.05) is 29.4 Å². The molecule has 1 aliphatic heterocycles. The molecule has 1 saturated heterocycles. The topological polar surface area (TPSA) is 87.6 Å². The summed E-state index contributed by atoms with van der Waals surface area (Å²) in [5.41, 5.74) is 6.78. The lowest BCUT2D eigenvalue weighted by atomic mass is 10.1. The fourth-order valence-corrected chi connectivity index (χ4v) is 3.59. The van der Waals surface area contributed by atoms with Crippen molar-refractivity contribution < 1.29 is 4.74 Å². The van der Waals surface area contributed by atoms with Gasteiger partial charge in [-0.05, 0) is 43.2 Å². The first-order valence-electron chi connectivity index (χ1n) is 10.1. The fraction of sp³-hybridized carbons (Fsp3) is 0.273. The molecule has 1 fully saturated rings. The molecule has 0 aliphatic carbocycles. The van der Waals surface area contributed by atoms with Crippen molar-refractivity contribution in [3.05, 3.63) is 63.1 Å². The van der Waals surface area contributed by atoms with Gasteiger partial charge in [0.15, 0.2) is 0 Å². The van der Waals surface area contributed by atoms with Crippen molar-refractivity contribution in [2.24, 2.45) is 5.10 Å². The van der Waals surface area contributed by atoms with Gasteiger partial charge in [-0.2, -0.15) is 20.1 Å². The summed E-state index contributed by atoms with van der Waals surface area (Å²) in [6.45, 7) is 6.74. The standard InChI is InChI=1S/C22H23Cl2N7O/c1-14-3-4-15(2)19(11-14)26-20-27-21(29-22(28-20)31-7-9-32-10-8-31)30-25-13-16-5-6-17(23)12-18(16)24/h3-6,11-13H,7-10H2,1-2H3,(H2,26,27,28,29,30). The number of halogens is 2. The van der Waals surface area contributed by atoms with Crippen molar-refractivity contribution in [3.8, 4) is 0 Å². The van der Waals surface area contributed by atoms with Gasteiger partial charge < -0.3 is 15.0 Å². The monoisotopic (exact) mass is 471 g/mol. The van der Waals surface area contributed by atoms with E-state index in [1.807, 2.05) is 13.8 Å². The number of hydrogen-bond donors (Lipinski definition) is 2. The second-order valence-corrected chi connectivity index (χ2v) is 8.20. The third-order valence-corrected chi connectivity index (χ3v) is 5.45. The smallest absolute Gasteiger partial charge is 0.250 e. The number of hydrogen-bond acceptors (Lipinski definition) is 8. The first-order valence-corrected chi connectivity index (χ1v) is 10.9. The average Bonchev–Trinajstić information content (AvgIpc) is 2.78. The first-order chi connectivity index (χ1) is 15.5. The zero-order valence-corrected chi connectivity index (χ0v) is 19.3. The quantitative estimate of drug-likeness (QED) is 0.393. The number of nitrogens with one attached hydrogen (secondary N) is 2. The van der Waals surface area contributed by atoms with Crippen LogP contribution in [0.3, 0.4) is 0 Å². The van der Waals surface area contributed by atoms with E-state index in [1.165, 1.54) is 0 Å². The van der Waals surface area contributed by atoms with Crippen LogP contribution in [-0.4, -0.2) is 47.5 Å². The van der Waals surface area contributed by atoms with Gasteiger partial charge in [-0.3, -0.25) is 0 Å². The minimum atomic E-state index is 0.315. The van der Waals surface area contributed by atoms with Gasteiger partial charge in [-0.1, -0.05) is 41.4 Å². The summed E-state index contributed by atoms with van der Waals surface area (Å²) in [6.07, 6.45) is 1.59. The Bertz CT molecular complexity index is 1130. The molecule has 3 aromatic rings. The van der Waals surface area contributed by atoms with Crippen molar-refractivity contribution in [3.63, 3.8) is 0 Å². The van der Waals surface area contributed by atoms with Gasteiger partial charge in [0.25, 0.3) is 0 Å². The van der Waals surface area contributed by atoms with E-state index in [9.17, 15) is 0 Å². The molecule has 0 bridgehead atoms. The van der Waals surface area contributed by atoms with Gasteiger partial charge in [0.1, 0.15) is 0 Å². The maximum atomic E-state index is 6.21. The van der Waals surface area contributed by atoms with Gasteiger partial charge in [-0.25, -0.2) is 5.43 Å². The molecule has 10 heteroatoms. The van der Waals surface area contributed by atoms with E-state index in [0.29, 0.717) is 54.2 Å². The number of aromatic nitrogens is 3. The molecule has 0 saturated carbocycles. The summed E-state index contributed by atoms with van der Waals surface area (Å²) >= 11 is 12.2. The second kappa shape index (κ2) is 10.1. The van der Waals surface area contributed by atoms with E-state index < -0.39 is 0 Å². The van der Waals surface area contributed by atoms with Crippen LogP contribution in [-0.2, 0) is 4.74 Å². The summed E-state index contributed by atoms with van der Waals surface area (Å²) in [7, 11) is 0. The lowest BCUT2D eigenvalue weighted by Gasteiger charge is -2.27. The highest BCUT2D eigenvalue weighted by molar-refractivity contribution is 6.36. The minimum Gasteiger partial charge on any atom is -0.378 e. The highest BCUT2D eigenvalue weighted by Crippen LogP contribution is 2.23. The number of aryl methyl sites for hydroxylation is 2. The molecule has 166 valence electrons. The SMILES string of the molecule is Cc1ccc(C)c(Nc2nc(NN=Cc3ccc(Cl)cc3Cl)nc(N3CCOCC3)n2)c1. The Labute approximate surface area is 196 Å². The third-order valence-electron chi connectivity index (χ3n) is 4.89. The predicted molar refractivity (Wildman–Crippen MR) is 130 cm³/mol. The Morgan fingerprint density at radius 1 is 1.00 bits per heavy atom. The third kappa shape index (κ3) is 5.64. The maximum Gasteiger partial charge on any atom is 0.250 e. The Hall–Kier alpha value is -2.94. The second-order valence-electron chi connectivity index (χ2n) is 7.36. The van der Waals surface area contributed by atoms with E-state index in [2.05, 4.69) is 53.9 Å². The van der Waals surface area contributed by atoms with Crippen LogP contribution in [0.5, 0.6) is 0 Å². The van der Waals surface area contributed by atoms with E-state index in [1.54, 1.807) is 24.4 Å². The number of ether oxygens (including phenoxy) is 1. The Balaban J connectivity index is 1.60. The molecule has 0 amide bonds. The number of morpholine rings is 1. The molecule has 0 atom stereocenters. The summed E-state index contributed by atoms with van der Waals surface area (Å²) in [4.78, 5) is 15.7. The molecule has 4 rings (SSSR count). The van der Waals surface area contributed by atoms with Crippen LogP contribution >= 0.6 is 23.2 Å². The Morgan fingerprint density at radius 3 is 2.56 bits per heavy atom. The molecule has 2 heterocycles. The predicted octanol–water partition coefficient (Wildman–Crippen LogP) is 4.82. The van der Waals surface area contributed by atoms with Crippen molar-refractivity contribution in [1.29, 1.82) is 0 Å². The Kier molecular flexibility index (Phi) is 7.04. The highest BCUT2D eigenvalue weighted by Gasteiger charge is 2.17. The highest BCUT2D eigenvalue weighted by atomic mass is 35.5. The molecule has 32 heavy (non-hydrogen) atoms. The lowest BCUT2D eigenvalue weighted by molar-refractivity contribution is 0.122. The molecule has 2 N–H and O–H groups in total. The lowest BCUT2D eigenvalue weighted by Crippen LogP contribution is -2.37. The summed E-state index contributed by atoms with van der Waals surface area (Å²) in [5.74, 6) is 1.30. The average molecular weight is 472 g/mol. The zero-order valence-electron chi connectivity index (χ0n) is 17.8. The summed E-state index contributed by atoms with van der Waals surface area (Å²) in [5, 5.41) is 8.62. The zero-order chi connectivity index (χ0) is 22.5. The summed E-state index contributed by atoms with van der Waals surface area (Å²) < 4.78 is 5.45. The van der Waals surface area contributed by atoms with Gasteiger partial charge >= 0.3 is 0 Å². The molecule has 8 nitrogen and oxygen atoms in total. The van der Waals surface area contributed by atoms with E-state index in [0.717, 1.165) is 22.4 Å². The molecule has 0 spiro atoms. The van der Waals surface area contributed by atoms with Gasteiger partial charge in [-0.15, -0.1) is 0 Å². The largest absolute Gasteiger partial charge is 0.378 e. The molecule has 0 radical (unpaired) electrons. The molecule has 2 aromatic carbocycles. The maximum absolute atomic E-state index is 6.21. The van der Waals surface area contributed by atoms with Crippen molar-refractivity contribution in [1.82, 2.24) is 15.0 Å². The van der Waals surface area contributed by atoms with Crippen molar-refractivity contribution in [2.75, 3.05) is 41.9 Å². The fourth-order valence-electron chi connectivity index (χ4n) is 3.13. The number of rotatable bonds is 6. The molecule has 0 unspecified atom stereocenters. The molecular weight excluding hydrogens is 449 g/mol. The van der Waals surface area contributed by atoms with Crippen LogP contribution < -0.4 is 15.6 Å². The number of hydrazone groups is 1. The van der Waals surface area contributed by atoms with Crippen LogP contribution in [0.4, 0.5) is 23.5 Å².